The van der Waals surface area contributed by atoms with Gasteiger partial charge in [0.25, 0.3) is 0 Å². The van der Waals surface area contributed by atoms with E-state index < -0.39 is 27.0 Å². The van der Waals surface area contributed by atoms with E-state index in [4.69, 9.17) is 7.74 Å². The molecule has 0 aliphatic rings. The van der Waals surface area contributed by atoms with E-state index in [1.54, 1.807) is 39.3 Å². The van der Waals surface area contributed by atoms with Crippen LogP contribution in [0.2, 0.25) is 39.3 Å². The van der Waals surface area contributed by atoms with Gasteiger partial charge in [-0.2, -0.15) is 8.42 Å². The fourth-order valence-electron chi connectivity index (χ4n) is 0.629. The fourth-order valence-corrected chi connectivity index (χ4v) is 5.97. The second kappa shape index (κ2) is 3.81. The SMILES string of the molecule is C[Si](C)(C)OS(=O)(=O)O[Si](C)(C)C. The summed E-state index contributed by atoms with van der Waals surface area (Å²) in [5.74, 6) is 0. The molecule has 0 heterocycles. The van der Waals surface area contributed by atoms with Gasteiger partial charge in [0, 0.05) is 0 Å². The molecular formula is C6H18O4SSi2. The minimum absolute atomic E-state index is 1.80. The first-order chi connectivity index (χ1) is 5.41. The molecule has 0 rings (SSSR count). The molecule has 0 aliphatic carbocycles. The van der Waals surface area contributed by atoms with E-state index in [0.29, 0.717) is 0 Å². The van der Waals surface area contributed by atoms with Crippen molar-refractivity contribution in [1.29, 1.82) is 0 Å². The summed E-state index contributed by atoms with van der Waals surface area (Å²) in [6.45, 7) is 10.8. The highest BCUT2D eigenvalue weighted by molar-refractivity contribution is 7.84. The standard InChI is InChI=1S/C6H18O4SSi2/c1-12(2,3)9-11(7,8)10-13(4,5)6/h1-6H3. The Morgan fingerprint density at radius 2 is 1.00 bits per heavy atom. The average Bonchev–Trinajstić information content (AvgIpc) is 1.43. The first-order valence-electron chi connectivity index (χ1n) is 4.07. The van der Waals surface area contributed by atoms with Gasteiger partial charge in [-0.3, -0.25) is 7.74 Å². The second-order valence-corrected chi connectivity index (χ2v) is 15.4. The van der Waals surface area contributed by atoms with Gasteiger partial charge in [-0.05, 0) is 39.3 Å². The zero-order valence-corrected chi connectivity index (χ0v) is 11.9. The van der Waals surface area contributed by atoms with Crippen LogP contribution in [0, 0.1) is 0 Å². The van der Waals surface area contributed by atoms with Crippen LogP contribution in [0.4, 0.5) is 0 Å². The summed E-state index contributed by atoms with van der Waals surface area (Å²) in [6, 6.07) is 0. The van der Waals surface area contributed by atoms with Crippen molar-refractivity contribution in [2.45, 2.75) is 39.3 Å². The average molecular weight is 242 g/mol. The molecule has 0 fully saturated rings. The highest BCUT2D eigenvalue weighted by Gasteiger charge is 2.30. The van der Waals surface area contributed by atoms with Crippen LogP contribution in [0.3, 0.4) is 0 Å². The predicted molar refractivity (Wildman–Crippen MR) is 57.8 cm³/mol. The van der Waals surface area contributed by atoms with Gasteiger partial charge in [-0.1, -0.05) is 0 Å². The van der Waals surface area contributed by atoms with Crippen molar-refractivity contribution in [3.05, 3.63) is 0 Å². The number of hydrogen-bond donors (Lipinski definition) is 0. The Balaban J connectivity index is 4.46. The van der Waals surface area contributed by atoms with Crippen molar-refractivity contribution in [3.63, 3.8) is 0 Å². The Bertz CT molecular complexity index is 237. The Hall–Kier alpha value is 0.304. The van der Waals surface area contributed by atoms with Gasteiger partial charge in [-0.15, -0.1) is 0 Å². The maximum absolute atomic E-state index is 11.3. The Labute approximate surface area is 82.8 Å². The molecule has 80 valence electrons. The van der Waals surface area contributed by atoms with Gasteiger partial charge in [0.1, 0.15) is 0 Å². The van der Waals surface area contributed by atoms with Crippen molar-refractivity contribution in [1.82, 2.24) is 0 Å². The molecule has 0 N–H and O–H groups in total. The molecule has 0 aromatic carbocycles. The summed E-state index contributed by atoms with van der Waals surface area (Å²) in [5.41, 5.74) is 0. The molecule has 7 heteroatoms. The van der Waals surface area contributed by atoms with Gasteiger partial charge in [0.15, 0.2) is 0 Å². The third-order valence-electron chi connectivity index (χ3n) is 0.704. The molecular weight excluding hydrogens is 224 g/mol. The van der Waals surface area contributed by atoms with Gasteiger partial charge in [0.2, 0.25) is 16.6 Å². The van der Waals surface area contributed by atoms with Crippen LogP contribution in [-0.4, -0.2) is 25.1 Å². The minimum atomic E-state index is -3.77. The Morgan fingerprint density at radius 1 is 0.769 bits per heavy atom. The first-order valence-corrected chi connectivity index (χ1v) is 12.2. The van der Waals surface area contributed by atoms with Crippen molar-refractivity contribution in [2.24, 2.45) is 0 Å². The Kier molecular flexibility index (Phi) is 3.90. The molecule has 0 amide bonds. The molecule has 0 aromatic heterocycles. The molecule has 0 spiro atoms. The summed E-state index contributed by atoms with van der Waals surface area (Å²) in [5, 5.41) is 0. The molecule has 0 radical (unpaired) electrons. The summed E-state index contributed by atoms with van der Waals surface area (Å²) in [6.07, 6.45) is 0. The van der Waals surface area contributed by atoms with Crippen LogP contribution in [0.1, 0.15) is 0 Å². The van der Waals surface area contributed by atoms with Crippen molar-refractivity contribution in [3.8, 4) is 0 Å². The summed E-state index contributed by atoms with van der Waals surface area (Å²) < 4.78 is 32.4. The summed E-state index contributed by atoms with van der Waals surface area (Å²) >= 11 is 0. The van der Waals surface area contributed by atoms with E-state index in [1.807, 2.05) is 0 Å². The molecule has 0 saturated carbocycles. The third kappa shape index (κ3) is 8.63. The van der Waals surface area contributed by atoms with E-state index in [0.717, 1.165) is 0 Å². The molecule has 0 saturated heterocycles. The molecule has 0 atom stereocenters. The predicted octanol–water partition coefficient (Wildman–Crippen LogP) is 1.93. The quantitative estimate of drug-likeness (QED) is 0.707. The Morgan fingerprint density at radius 3 is 1.15 bits per heavy atom. The fraction of sp³-hybridized carbons (Fsp3) is 1.00. The maximum Gasteiger partial charge on any atom is 0.380 e. The first kappa shape index (κ1) is 13.3. The van der Waals surface area contributed by atoms with E-state index in [2.05, 4.69) is 0 Å². The summed E-state index contributed by atoms with van der Waals surface area (Å²) in [4.78, 5) is 0. The van der Waals surface area contributed by atoms with Crippen molar-refractivity contribution < 1.29 is 16.2 Å². The highest BCUT2D eigenvalue weighted by atomic mass is 32.3. The van der Waals surface area contributed by atoms with E-state index in [-0.39, 0.29) is 0 Å². The van der Waals surface area contributed by atoms with Crippen molar-refractivity contribution >= 4 is 27.0 Å². The van der Waals surface area contributed by atoms with E-state index in [1.165, 1.54) is 0 Å². The number of hydrogen-bond acceptors (Lipinski definition) is 4. The third-order valence-corrected chi connectivity index (χ3v) is 6.34. The maximum atomic E-state index is 11.3. The molecule has 0 aliphatic heterocycles. The van der Waals surface area contributed by atoms with Gasteiger partial charge < -0.3 is 0 Å². The van der Waals surface area contributed by atoms with Crippen LogP contribution in [0.5, 0.6) is 0 Å². The zero-order valence-electron chi connectivity index (χ0n) is 9.04. The monoisotopic (exact) mass is 242 g/mol. The summed E-state index contributed by atoms with van der Waals surface area (Å²) in [7, 11) is -7.94. The zero-order chi connectivity index (χ0) is 10.9. The lowest BCUT2D eigenvalue weighted by atomic mass is 11.8. The molecule has 13 heavy (non-hydrogen) atoms. The molecule has 4 nitrogen and oxygen atoms in total. The second-order valence-electron chi connectivity index (χ2n) is 4.80. The van der Waals surface area contributed by atoms with Crippen LogP contribution in [0.25, 0.3) is 0 Å². The normalized spacial score (nSPS) is 14.6. The number of rotatable bonds is 4. The smallest absolute Gasteiger partial charge is 0.295 e. The lowest BCUT2D eigenvalue weighted by Gasteiger charge is -2.21. The van der Waals surface area contributed by atoms with E-state index in [9.17, 15) is 8.42 Å². The van der Waals surface area contributed by atoms with Gasteiger partial charge in [-0.25, -0.2) is 0 Å². The van der Waals surface area contributed by atoms with Crippen molar-refractivity contribution in [2.75, 3.05) is 0 Å². The topological polar surface area (TPSA) is 52.6 Å². The largest absolute Gasteiger partial charge is 0.380 e. The minimum Gasteiger partial charge on any atom is -0.295 e. The van der Waals surface area contributed by atoms with Crippen LogP contribution >= 0.6 is 0 Å². The molecule has 0 unspecified atom stereocenters. The van der Waals surface area contributed by atoms with Crippen LogP contribution < -0.4 is 0 Å². The van der Waals surface area contributed by atoms with Gasteiger partial charge in [0.05, 0.1) is 0 Å². The lowest BCUT2D eigenvalue weighted by Crippen LogP contribution is -2.36. The highest BCUT2D eigenvalue weighted by Crippen LogP contribution is 2.14. The van der Waals surface area contributed by atoms with E-state index >= 15 is 0 Å². The van der Waals surface area contributed by atoms with Crippen LogP contribution in [0.15, 0.2) is 0 Å². The molecule has 0 bridgehead atoms. The van der Waals surface area contributed by atoms with Gasteiger partial charge >= 0.3 is 10.4 Å². The molecule has 0 aromatic rings. The lowest BCUT2D eigenvalue weighted by molar-refractivity contribution is 0.390. The van der Waals surface area contributed by atoms with Crippen LogP contribution in [-0.2, 0) is 18.1 Å².